The van der Waals surface area contributed by atoms with Gasteiger partial charge in [-0.25, -0.2) is 0 Å². The van der Waals surface area contributed by atoms with E-state index in [2.05, 4.69) is 6.92 Å². The molecule has 2 nitrogen and oxygen atoms in total. The third kappa shape index (κ3) is 11.5. The summed E-state index contributed by atoms with van der Waals surface area (Å²) in [5, 5.41) is 0. The minimum absolute atomic E-state index is 0.294. The molecule has 0 aromatic rings. The van der Waals surface area contributed by atoms with Crippen LogP contribution in [0, 0.1) is 0 Å². The molecule has 0 N–H and O–H groups in total. The van der Waals surface area contributed by atoms with E-state index in [9.17, 15) is 4.79 Å². The summed E-state index contributed by atoms with van der Waals surface area (Å²) in [7, 11) is 1.87. The molecule has 0 bridgehead atoms. The molecule has 2 heteroatoms. The van der Waals surface area contributed by atoms with Crippen LogP contribution in [-0.4, -0.2) is 24.4 Å². The Bertz CT molecular complexity index is 146. The van der Waals surface area contributed by atoms with Crippen LogP contribution in [0.4, 0.5) is 0 Å². The zero-order valence-electron chi connectivity index (χ0n) is 12.0. The number of carbonyl (C=O) groups excluding carboxylic acids is 1. The molecule has 0 atom stereocenters. The van der Waals surface area contributed by atoms with Crippen LogP contribution in [0.25, 0.3) is 0 Å². The molecule has 0 rings (SSSR count). The lowest BCUT2D eigenvalue weighted by molar-refractivity contribution is -0.129. The van der Waals surface area contributed by atoms with Gasteiger partial charge in [0.1, 0.15) is 0 Å². The van der Waals surface area contributed by atoms with Crippen molar-refractivity contribution in [3.63, 3.8) is 0 Å². The second kappa shape index (κ2) is 14.5. The van der Waals surface area contributed by atoms with E-state index < -0.39 is 0 Å². The predicted molar refractivity (Wildman–Crippen MR) is 72.7 cm³/mol. The Morgan fingerprint density at radius 1 is 0.938 bits per heavy atom. The molecular formula is C14H31NO. The third-order valence-corrected chi connectivity index (χ3v) is 2.64. The number of unbranched alkanes of at least 4 members (excludes halogenated alkanes) is 5. The Labute approximate surface area is 102 Å². The fourth-order valence-corrected chi connectivity index (χ4v) is 1.42. The van der Waals surface area contributed by atoms with Crippen molar-refractivity contribution in [2.75, 3.05) is 13.6 Å². The molecule has 1 amide bonds. The zero-order valence-corrected chi connectivity index (χ0v) is 12.0. The largest absolute Gasteiger partial charge is 0.346 e. The minimum Gasteiger partial charge on any atom is -0.346 e. The number of carbonyl (C=O) groups is 1. The quantitative estimate of drug-likeness (QED) is 0.570. The first-order valence-corrected chi connectivity index (χ1v) is 6.96. The van der Waals surface area contributed by atoms with Crippen LogP contribution >= 0.6 is 0 Å². The molecule has 0 aliphatic rings. The van der Waals surface area contributed by atoms with E-state index >= 15 is 0 Å². The summed E-state index contributed by atoms with van der Waals surface area (Å²) in [6.45, 7) is 9.06. The van der Waals surface area contributed by atoms with Crippen LogP contribution in [0.15, 0.2) is 0 Å². The van der Waals surface area contributed by atoms with Crippen molar-refractivity contribution in [3.8, 4) is 0 Å². The Balaban J connectivity index is 0. The van der Waals surface area contributed by atoms with Gasteiger partial charge in [0.2, 0.25) is 5.91 Å². The first-order chi connectivity index (χ1) is 7.72. The molecule has 0 radical (unpaired) electrons. The maximum atomic E-state index is 11.4. The van der Waals surface area contributed by atoms with Crippen LogP contribution in [0.1, 0.15) is 72.6 Å². The van der Waals surface area contributed by atoms with Gasteiger partial charge in [-0.3, -0.25) is 4.79 Å². The predicted octanol–water partition coefficient (Wildman–Crippen LogP) is 4.24. The van der Waals surface area contributed by atoms with Crippen LogP contribution in [0.5, 0.6) is 0 Å². The van der Waals surface area contributed by atoms with Gasteiger partial charge in [-0.2, -0.15) is 0 Å². The number of hydrogen-bond donors (Lipinski definition) is 0. The molecule has 0 heterocycles. The zero-order chi connectivity index (χ0) is 12.8. The summed E-state index contributed by atoms with van der Waals surface area (Å²) in [5.41, 5.74) is 0. The van der Waals surface area contributed by atoms with Crippen molar-refractivity contribution in [2.45, 2.75) is 72.6 Å². The molecule has 0 aromatic carbocycles. The second-order valence-corrected chi connectivity index (χ2v) is 3.93. The molecular weight excluding hydrogens is 198 g/mol. The lowest BCUT2D eigenvalue weighted by Gasteiger charge is -2.13. The molecule has 0 aromatic heterocycles. The summed E-state index contributed by atoms with van der Waals surface area (Å²) in [5.74, 6) is 0.294. The number of nitrogens with zero attached hydrogens (tertiary/aromatic N) is 1. The Morgan fingerprint density at radius 3 is 1.94 bits per heavy atom. The molecule has 98 valence electrons. The van der Waals surface area contributed by atoms with Gasteiger partial charge >= 0.3 is 0 Å². The Kier molecular flexibility index (Phi) is 16.1. The lowest BCUT2D eigenvalue weighted by Crippen LogP contribution is -2.25. The highest BCUT2D eigenvalue weighted by Gasteiger charge is 2.04. The molecule has 0 spiro atoms. The maximum Gasteiger partial charge on any atom is 0.222 e. The Hall–Kier alpha value is -0.530. The molecule has 0 unspecified atom stereocenters. The smallest absolute Gasteiger partial charge is 0.222 e. The maximum absolute atomic E-state index is 11.4. The normalized spacial score (nSPS) is 9.31. The molecule has 0 saturated heterocycles. The van der Waals surface area contributed by atoms with Gasteiger partial charge in [0.15, 0.2) is 0 Å². The number of amides is 1. The van der Waals surface area contributed by atoms with E-state index in [0.717, 1.165) is 19.4 Å². The highest BCUT2D eigenvalue weighted by Crippen LogP contribution is 2.07. The number of rotatable bonds is 8. The Morgan fingerprint density at radius 2 is 1.44 bits per heavy atom. The van der Waals surface area contributed by atoms with Crippen LogP contribution in [-0.2, 0) is 4.79 Å². The van der Waals surface area contributed by atoms with Crippen molar-refractivity contribution in [1.29, 1.82) is 0 Å². The average molecular weight is 229 g/mol. The topological polar surface area (TPSA) is 20.3 Å². The van der Waals surface area contributed by atoms with Crippen LogP contribution in [0.3, 0.4) is 0 Å². The van der Waals surface area contributed by atoms with E-state index in [1.807, 2.05) is 27.8 Å². The van der Waals surface area contributed by atoms with Crippen LogP contribution < -0.4 is 0 Å². The van der Waals surface area contributed by atoms with Crippen LogP contribution in [0.2, 0.25) is 0 Å². The van der Waals surface area contributed by atoms with Gasteiger partial charge in [0.05, 0.1) is 0 Å². The van der Waals surface area contributed by atoms with Gasteiger partial charge in [-0.15, -0.1) is 0 Å². The highest BCUT2D eigenvalue weighted by atomic mass is 16.2. The minimum atomic E-state index is 0.294. The van der Waals surface area contributed by atoms with E-state index in [4.69, 9.17) is 0 Å². The van der Waals surface area contributed by atoms with Gasteiger partial charge in [0.25, 0.3) is 0 Å². The van der Waals surface area contributed by atoms with Gasteiger partial charge in [0, 0.05) is 20.0 Å². The monoisotopic (exact) mass is 229 g/mol. The van der Waals surface area contributed by atoms with Gasteiger partial charge < -0.3 is 4.90 Å². The fraction of sp³-hybridized carbons (Fsp3) is 0.929. The fourth-order valence-electron chi connectivity index (χ4n) is 1.42. The molecule has 0 aliphatic carbocycles. The van der Waals surface area contributed by atoms with Crippen molar-refractivity contribution in [1.82, 2.24) is 4.90 Å². The lowest BCUT2D eigenvalue weighted by atomic mass is 10.1. The molecule has 0 fully saturated rings. The van der Waals surface area contributed by atoms with Gasteiger partial charge in [-0.05, 0) is 13.3 Å². The van der Waals surface area contributed by atoms with E-state index in [1.54, 1.807) is 4.90 Å². The number of hydrogen-bond acceptors (Lipinski definition) is 1. The second-order valence-electron chi connectivity index (χ2n) is 3.93. The molecule has 0 aliphatic heterocycles. The highest BCUT2D eigenvalue weighted by molar-refractivity contribution is 5.75. The summed E-state index contributed by atoms with van der Waals surface area (Å²) in [4.78, 5) is 13.2. The van der Waals surface area contributed by atoms with Crippen molar-refractivity contribution in [2.24, 2.45) is 0 Å². The first-order valence-electron chi connectivity index (χ1n) is 6.96. The van der Waals surface area contributed by atoms with Crippen molar-refractivity contribution >= 4 is 5.91 Å². The van der Waals surface area contributed by atoms with E-state index in [-0.39, 0.29) is 0 Å². The molecule has 16 heavy (non-hydrogen) atoms. The molecule has 0 saturated carbocycles. The summed E-state index contributed by atoms with van der Waals surface area (Å²) >= 11 is 0. The summed E-state index contributed by atoms with van der Waals surface area (Å²) in [6, 6.07) is 0. The average Bonchev–Trinajstić information content (AvgIpc) is 2.34. The SMILES string of the molecule is CC.CCCCCCCCC(=O)N(C)CC. The summed E-state index contributed by atoms with van der Waals surface area (Å²) in [6.07, 6.45) is 8.25. The van der Waals surface area contributed by atoms with Crippen molar-refractivity contribution < 1.29 is 4.79 Å². The standard InChI is InChI=1S/C12H25NO.C2H6/c1-4-6-7-8-9-10-11-12(14)13(3)5-2;1-2/h4-11H2,1-3H3;1-2H3. The van der Waals surface area contributed by atoms with Gasteiger partial charge in [-0.1, -0.05) is 52.9 Å². The van der Waals surface area contributed by atoms with Crippen molar-refractivity contribution in [3.05, 3.63) is 0 Å². The first kappa shape index (κ1) is 17.9. The summed E-state index contributed by atoms with van der Waals surface area (Å²) < 4.78 is 0. The van der Waals surface area contributed by atoms with E-state index in [1.165, 1.54) is 32.1 Å². The third-order valence-electron chi connectivity index (χ3n) is 2.64. The van der Waals surface area contributed by atoms with E-state index in [0.29, 0.717) is 5.91 Å².